The predicted octanol–water partition coefficient (Wildman–Crippen LogP) is 5.43. The van der Waals surface area contributed by atoms with E-state index in [1.54, 1.807) is 12.1 Å². The van der Waals surface area contributed by atoms with Gasteiger partial charge in [0.25, 0.3) is 5.09 Å². The molecule has 0 atom stereocenters. The maximum Gasteiger partial charge on any atom is 0.294 e. The van der Waals surface area contributed by atoms with Crippen LogP contribution in [0.4, 0.5) is 0 Å². The first kappa shape index (κ1) is 23.2. The summed E-state index contributed by atoms with van der Waals surface area (Å²) in [6.45, 7) is 0.0410. The van der Waals surface area contributed by atoms with E-state index in [4.69, 9.17) is 0 Å². The molecule has 32 heavy (non-hydrogen) atoms. The van der Waals surface area contributed by atoms with Gasteiger partial charge in [0, 0.05) is 6.26 Å². The molecule has 0 unspecified atom stereocenters. The minimum absolute atomic E-state index is 0.0410. The molecule has 0 amide bonds. The average molecular weight is 452 g/mol. The van der Waals surface area contributed by atoms with Crippen LogP contribution in [0.15, 0.2) is 89.8 Å². The molecular formula is C25H25NO5S. The first-order valence-electron chi connectivity index (χ1n) is 10.3. The molecule has 0 spiro atoms. The Labute approximate surface area is 188 Å². The van der Waals surface area contributed by atoms with Crippen LogP contribution >= 0.6 is 0 Å². The molecule has 0 saturated carbocycles. The average Bonchev–Trinajstić information content (AvgIpc) is 2.79. The number of hydrogen-bond donors (Lipinski definition) is 0. The molecule has 7 heteroatoms. The van der Waals surface area contributed by atoms with Crippen LogP contribution < -0.4 is 0 Å². The molecule has 3 aromatic rings. The fraction of sp³-hybridized carbons (Fsp3) is 0.200. The first-order valence-corrected chi connectivity index (χ1v) is 12.2. The molecule has 0 fully saturated rings. The van der Waals surface area contributed by atoms with E-state index < -0.39 is 14.9 Å². The molecule has 3 aromatic carbocycles. The summed E-state index contributed by atoms with van der Waals surface area (Å²) in [7, 11) is -3.30. The van der Waals surface area contributed by atoms with Gasteiger partial charge in [0.05, 0.1) is 11.5 Å². The summed E-state index contributed by atoms with van der Waals surface area (Å²) >= 11 is 0. The summed E-state index contributed by atoms with van der Waals surface area (Å²) in [5.74, 6) is 0. The van der Waals surface area contributed by atoms with E-state index in [0.717, 1.165) is 27.8 Å². The van der Waals surface area contributed by atoms with Gasteiger partial charge in [0.2, 0.25) is 0 Å². The molecular weight excluding hydrogens is 426 g/mol. The van der Waals surface area contributed by atoms with Crippen LogP contribution in [0.25, 0.3) is 11.1 Å². The predicted molar refractivity (Wildman–Crippen MR) is 125 cm³/mol. The number of allylic oxidation sites excluding steroid dienone is 1. The Morgan fingerprint density at radius 1 is 0.812 bits per heavy atom. The third-order valence-corrected chi connectivity index (χ3v) is 6.20. The van der Waals surface area contributed by atoms with Crippen molar-refractivity contribution in [2.24, 2.45) is 0 Å². The minimum atomic E-state index is -3.30. The Morgan fingerprint density at radius 2 is 1.34 bits per heavy atom. The van der Waals surface area contributed by atoms with Crippen molar-refractivity contribution in [3.05, 3.63) is 112 Å². The molecule has 0 aliphatic rings. The van der Waals surface area contributed by atoms with Crippen LogP contribution in [-0.4, -0.2) is 26.4 Å². The number of sulfone groups is 1. The normalized spacial score (nSPS) is 11.0. The quantitative estimate of drug-likeness (QED) is 0.178. The highest BCUT2D eigenvalue weighted by Gasteiger charge is 2.15. The highest BCUT2D eigenvalue weighted by atomic mass is 32.2. The van der Waals surface area contributed by atoms with Crippen LogP contribution in [-0.2, 0) is 14.7 Å². The van der Waals surface area contributed by atoms with E-state index in [2.05, 4.69) is 4.84 Å². The van der Waals surface area contributed by atoms with Crippen molar-refractivity contribution < 1.29 is 18.3 Å². The lowest BCUT2D eigenvalue weighted by Crippen LogP contribution is -2.03. The molecule has 0 aliphatic heterocycles. The summed E-state index contributed by atoms with van der Waals surface area (Å²) in [5.41, 5.74) is 5.09. The number of unbranched alkanes of at least 4 members (excludes halogenated alkanes) is 1. The van der Waals surface area contributed by atoms with Crippen molar-refractivity contribution in [1.82, 2.24) is 0 Å². The van der Waals surface area contributed by atoms with Gasteiger partial charge in [-0.3, -0.25) is 0 Å². The zero-order valence-corrected chi connectivity index (χ0v) is 18.6. The molecule has 3 rings (SSSR count). The third-order valence-electron chi connectivity index (χ3n) is 5.08. The number of nitrogens with zero attached hydrogens (tertiary/aromatic N) is 1. The van der Waals surface area contributed by atoms with Gasteiger partial charge < -0.3 is 4.84 Å². The van der Waals surface area contributed by atoms with Crippen molar-refractivity contribution in [3.8, 4) is 0 Å². The van der Waals surface area contributed by atoms with Crippen molar-refractivity contribution in [3.63, 3.8) is 0 Å². The summed E-state index contributed by atoms with van der Waals surface area (Å²) in [6.07, 6.45) is 3.05. The minimum Gasteiger partial charge on any atom is -0.314 e. The summed E-state index contributed by atoms with van der Waals surface area (Å²) in [6, 6.07) is 26.9. The maximum atomic E-state index is 11.9. The van der Waals surface area contributed by atoms with Gasteiger partial charge in [0.15, 0.2) is 9.84 Å². The van der Waals surface area contributed by atoms with Crippen molar-refractivity contribution >= 4 is 21.0 Å². The number of rotatable bonds is 10. The largest absolute Gasteiger partial charge is 0.314 e. The van der Waals surface area contributed by atoms with Crippen LogP contribution in [0.5, 0.6) is 0 Å². The topological polar surface area (TPSA) is 86.5 Å². The third kappa shape index (κ3) is 6.28. The highest BCUT2D eigenvalue weighted by Crippen LogP contribution is 2.35. The van der Waals surface area contributed by atoms with E-state index in [-0.39, 0.29) is 11.5 Å². The smallest absolute Gasteiger partial charge is 0.294 e. The Balaban J connectivity index is 2.09. The zero-order chi connectivity index (χ0) is 23.0. The molecule has 0 heterocycles. The number of hydrogen-bond acceptors (Lipinski definition) is 5. The van der Waals surface area contributed by atoms with Crippen molar-refractivity contribution in [1.29, 1.82) is 0 Å². The van der Waals surface area contributed by atoms with Gasteiger partial charge >= 0.3 is 0 Å². The highest BCUT2D eigenvalue weighted by molar-refractivity contribution is 7.90. The van der Waals surface area contributed by atoms with Crippen LogP contribution in [0, 0.1) is 10.1 Å². The Hall–Kier alpha value is -3.45. The standard InChI is InChI=1S/C25H25NO5S/c1-32(29,30)23-17-15-20(16-18-23)24(14-8-9-19-31-26(27)28)25(21-10-4-2-5-11-21)22-12-6-3-7-13-22/h2-7,10-13,15-18H,8-9,14,19H2,1H3. The van der Waals surface area contributed by atoms with E-state index in [1.165, 1.54) is 6.26 Å². The van der Waals surface area contributed by atoms with Gasteiger partial charge in [-0.25, -0.2) is 8.42 Å². The molecule has 6 nitrogen and oxygen atoms in total. The second kappa shape index (κ2) is 10.7. The molecule has 0 radical (unpaired) electrons. The van der Waals surface area contributed by atoms with Gasteiger partial charge in [-0.1, -0.05) is 72.8 Å². The lowest BCUT2D eigenvalue weighted by atomic mass is 9.87. The fourth-order valence-electron chi connectivity index (χ4n) is 3.58. The van der Waals surface area contributed by atoms with Gasteiger partial charge in [-0.2, -0.15) is 0 Å². The SMILES string of the molecule is CS(=O)(=O)c1ccc(C(CCCCO[N+](=O)[O-])=C(c2ccccc2)c2ccccc2)cc1. The second-order valence-corrected chi connectivity index (χ2v) is 9.41. The molecule has 0 N–H and O–H groups in total. The molecule has 0 bridgehead atoms. The van der Waals surface area contributed by atoms with Gasteiger partial charge in [0.1, 0.15) is 0 Å². The lowest BCUT2D eigenvalue weighted by Gasteiger charge is -2.18. The maximum absolute atomic E-state index is 11.9. The van der Waals surface area contributed by atoms with Crippen LogP contribution in [0.3, 0.4) is 0 Å². The monoisotopic (exact) mass is 451 g/mol. The van der Waals surface area contributed by atoms with Crippen LogP contribution in [0.1, 0.15) is 36.0 Å². The van der Waals surface area contributed by atoms with Gasteiger partial charge in [-0.15, -0.1) is 10.1 Å². The fourth-order valence-corrected chi connectivity index (χ4v) is 4.22. The van der Waals surface area contributed by atoms with Crippen LogP contribution in [0.2, 0.25) is 0 Å². The first-order chi connectivity index (χ1) is 15.4. The van der Waals surface area contributed by atoms with E-state index >= 15 is 0 Å². The van der Waals surface area contributed by atoms with E-state index in [1.807, 2.05) is 72.8 Å². The summed E-state index contributed by atoms with van der Waals surface area (Å²) in [5, 5.41) is 9.66. The second-order valence-electron chi connectivity index (χ2n) is 7.40. The lowest BCUT2D eigenvalue weighted by molar-refractivity contribution is -0.757. The number of benzene rings is 3. The molecule has 0 saturated heterocycles. The van der Waals surface area contributed by atoms with Gasteiger partial charge in [-0.05, 0) is 59.2 Å². The molecule has 166 valence electrons. The molecule has 0 aromatic heterocycles. The Kier molecular flexibility index (Phi) is 7.78. The summed E-state index contributed by atoms with van der Waals surface area (Å²) in [4.78, 5) is 15.2. The van der Waals surface area contributed by atoms with E-state index in [9.17, 15) is 18.5 Å². The Morgan fingerprint density at radius 3 is 1.81 bits per heavy atom. The van der Waals surface area contributed by atoms with Crippen molar-refractivity contribution in [2.45, 2.75) is 24.2 Å². The zero-order valence-electron chi connectivity index (χ0n) is 17.8. The Bertz CT molecular complexity index is 1130. The molecule has 0 aliphatic carbocycles. The summed E-state index contributed by atoms with van der Waals surface area (Å²) < 4.78 is 23.8. The van der Waals surface area contributed by atoms with E-state index in [0.29, 0.717) is 19.3 Å². The van der Waals surface area contributed by atoms with Crippen molar-refractivity contribution in [2.75, 3.05) is 12.9 Å².